The fourth-order valence-electron chi connectivity index (χ4n) is 2.03. The summed E-state index contributed by atoms with van der Waals surface area (Å²) in [5.41, 5.74) is 2.64. The van der Waals surface area contributed by atoms with E-state index in [1.54, 1.807) is 24.3 Å². The number of carbonyl (C=O) groups excluding carboxylic acids is 1. The van der Waals surface area contributed by atoms with Gasteiger partial charge in [0.25, 0.3) is 0 Å². The number of rotatable bonds is 4. The number of halogens is 1. The highest BCUT2D eigenvalue weighted by atomic mass is 35.5. The van der Waals surface area contributed by atoms with Gasteiger partial charge in [-0.25, -0.2) is 9.78 Å². The lowest BCUT2D eigenvalue weighted by atomic mass is 10.2. The Hall–Kier alpha value is -2.37. The number of anilines is 1. The van der Waals surface area contributed by atoms with Gasteiger partial charge in [0.1, 0.15) is 5.01 Å². The SMILES string of the molecule is O=C(NCc1nc(-c2ccccc2)cs1)Nc1cccc(Cl)c1. The lowest BCUT2D eigenvalue weighted by Gasteiger charge is -2.06. The molecule has 0 aliphatic carbocycles. The molecule has 1 aromatic heterocycles. The first kappa shape index (κ1) is 15.5. The van der Waals surface area contributed by atoms with E-state index in [1.807, 2.05) is 35.7 Å². The normalized spacial score (nSPS) is 10.3. The summed E-state index contributed by atoms with van der Waals surface area (Å²) < 4.78 is 0. The first-order chi connectivity index (χ1) is 11.2. The van der Waals surface area contributed by atoms with Crippen LogP contribution >= 0.6 is 22.9 Å². The van der Waals surface area contributed by atoms with E-state index in [2.05, 4.69) is 15.6 Å². The average molecular weight is 344 g/mol. The van der Waals surface area contributed by atoms with Gasteiger partial charge in [0.05, 0.1) is 12.2 Å². The third kappa shape index (κ3) is 4.31. The molecule has 1 heterocycles. The Balaban J connectivity index is 1.56. The summed E-state index contributed by atoms with van der Waals surface area (Å²) in [6.07, 6.45) is 0. The Morgan fingerprint density at radius 2 is 1.96 bits per heavy atom. The van der Waals surface area contributed by atoms with Crippen molar-refractivity contribution in [3.8, 4) is 11.3 Å². The molecule has 4 nitrogen and oxygen atoms in total. The van der Waals surface area contributed by atoms with Gasteiger partial charge in [-0.1, -0.05) is 48.0 Å². The van der Waals surface area contributed by atoms with Crippen LogP contribution in [0.2, 0.25) is 5.02 Å². The first-order valence-corrected chi connectivity index (χ1v) is 8.27. The van der Waals surface area contributed by atoms with Gasteiger partial charge in [-0.3, -0.25) is 0 Å². The molecule has 116 valence electrons. The molecule has 23 heavy (non-hydrogen) atoms. The van der Waals surface area contributed by atoms with Crippen LogP contribution in [0.4, 0.5) is 10.5 Å². The van der Waals surface area contributed by atoms with Crippen molar-refractivity contribution in [2.45, 2.75) is 6.54 Å². The molecule has 2 N–H and O–H groups in total. The second-order valence-electron chi connectivity index (χ2n) is 4.81. The number of nitrogens with one attached hydrogen (secondary N) is 2. The van der Waals surface area contributed by atoms with Crippen molar-refractivity contribution in [2.24, 2.45) is 0 Å². The Morgan fingerprint density at radius 1 is 1.13 bits per heavy atom. The van der Waals surface area contributed by atoms with E-state index in [1.165, 1.54) is 11.3 Å². The molecular formula is C17H14ClN3OS. The quantitative estimate of drug-likeness (QED) is 0.716. The van der Waals surface area contributed by atoms with Crippen LogP contribution in [0.25, 0.3) is 11.3 Å². The monoisotopic (exact) mass is 343 g/mol. The van der Waals surface area contributed by atoms with Crippen LogP contribution in [0, 0.1) is 0 Å². The van der Waals surface area contributed by atoms with Gasteiger partial charge in [0.2, 0.25) is 0 Å². The van der Waals surface area contributed by atoms with Crippen molar-refractivity contribution >= 4 is 34.7 Å². The second kappa shape index (κ2) is 7.26. The minimum absolute atomic E-state index is 0.288. The molecule has 0 aliphatic rings. The van der Waals surface area contributed by atoms with Crippen LogP contribution in [0.15, 0.2) is 60.0 Å². The van der Waals surface area contributed by atoms with Crippen molar-refractivity contribution in [3.63, 3.8) is 0 Å². The van der Waals surface area contributed by atoms with Crippen molar-refractivity contribution in [1.29, 1.82) is 0 Å². The van der Waals surface area contributed by atoms with Gasteiger partial charge in [0, 0.05) is 21.7 Å². The number of aromatic nitrogens is 1. The van der Waals surface area contributed by atoms with Crippen molar-refractivity contribution in [1.82, 2.24) is 10.3 Å². The number of thiazole rings is 1. The summed E-state index contributed by atoms with van der Waals surface area (Å²) in [6.45, 7) is 0.379. The molecule has 0 radical (unpaired) electrons. The molecule has 0 saturated heterocycles. The van der Waals surface area contributed by atoms with Crippen LogP contribution in [0.5, 0.6) is 0 Å². The van der Waals surface area contributed by atoms with Gasteiger partial charge >= 0.3 is 6.03 Å². The number of nitrogens with zero attached hydrogens (tertiary/aromatic N) is 1. The summed E-state index contributed by atoms with van der Waals surface area (Å²) in [5, 5.41) is 8.94. The Bertz CT molecular complexity index is 804. The molecule has 3 aromatic rings. The van der Waals surface area contributed by atoms with Gasteiger partial charge in [-0.05, 0) is 18.2 Å². The maximum absolute atomic E-state index is 11.9. The molecule has 0 spiro atoms. The molecular weight excluding hydrogens is 330 g/mol. The van der Waals surface area contributed by atoms with Crippen LogP contribution in [-0.4, -0.2) is 11.0 Å². The summed E-state index contributed by atoms with van der Waals surface area (Å²) in [7, 11) is 0. The zero-order chi connectivity index (χ0) is 16.1. The number of hydrogen-bond acceptors (Lipinski definition) is 3. The predicted molar refractivity (Wildman–Crippen MR) is 94.9 cm³/mol. The fourth-order valence-corrected chi connectivity index (χ4v) is 2.96. The minimum Gasteiger partial charge on any atom is -0.331 e. The van der Waals surface area contributed by atoms with Gasteiger partial charge in [0.15, 0.2) is 0 Å². The highest BCUT2D eigenvalue weighted by Crippen LogP contribution is 2.21. The smallest absolute Gasteiger partial charge is 0.319 e. The molecule has 3 rings (SSSR count). The van der Waals surface area contributed by atoms with Gasteiger partial charge < -0.3 is 10.6 Å². The minimum atomic E-state index is -0.288. The molecule has 2 aromatic carbocycles. The molecule has 6 heteroatoms. The molecule has 0 atom stereocenters. The lowest BCUT2D eigenvalue weighted by molar-refractivity contribution is 0.251. The third-order valence-corrected chi connectivity index (χ3v) is 4.19. The summed E-state index contributed by atoms with van der Waals surface area (Å²) >= 11 is 7.40. The standard InChI is InChI=1S/C17H14ClN3OS/c18-13-7-4-8-14(9-13)20-17(22)19-10-16-21-15(11-23-16)12-5-2-1-3-6-12/h1-9,11H,10H2,(H2,19,20,22). The van der Waals surface area contributed by atoms with E-state index in [-0.39, 0.29) is 6.03 Å². The van der Waals surface area contributed by atoms with Crippen LogP contribution < -0.4 is 10.6 Å². The number of benzene rings is 2. The maximum atomic E-state index is 11.9. The van der Waals surface area contributed by atoms with E-state index in [0.717, 1.165) is 16.3 Å². The zero-order valence-corrected chi connectivity index (χ0v) is 13.7. The lowest BCUT2D eigenvalue weighted by Crippen LogP contribution is -2.28. The van der Waals surface area contributed by atoms with Crippen molar-refractivity contribution < 1.29 is 4.79 Å². The highest BCUT2D eigenvalue weighted by molar-refractivity contribution is 7.09. The Labute approximate surface area is 143 Å². The number of carbonyl (C=O) groups is 1. The number of hydrogen-bond donors (Lipinski definition) is 2. The molecule has 0 saturated carbocycles. The highest BCUT2D eigenvalue weighted by Gasteiger charge is 2.06. The van der Waals surface area contributed by atoms with E-state index < -0.39 is 0 Å². The molecule has 0 aliphatic heterocycles. The van der Waals surface area contributed by atoms with Crippen molar-refractivity contribution in [3.05, 3.63) is 70.0 Å². The first-order valence-electron chi connectivity index (χ1n) is 7.01. The third-order valence-electron chi connectivity index (χ3n) is 3.10. The maximum Gasteiger partial charge on any atom is 0.319 e. The summed E-state index contributed by atoms with van der Waals surface area (Å²) in [5.74, 6) is 0. The average Bonchev–Trinajstić information content (AvgIpc) is 3.03. The predicted octanol–water partition coefficient (Wildman–Crippen LogP) is 4.79. The Kier molecular flexibility index (Phi) is 4.90. The van der Waals surface area contributed by atoms with E-state index in [0.29, 0.717) is 17.3 Å². The van der Waals surface area contributed by atoms with Gasteiger partial charge in [-0.15, -0.1) is 11.3 Å². The van der Waals surface area contributed by atoms with Gasteiger partial charge in [-0.2, -0.15) is 0 Å². The van der Waals surface area contributed by atoms with E-state index in [4.69, 9.17) is 11.6 Å². The molecule has 0 unspecified atom stereocenters. The zero-order valence-electron chi connectivity index (χ0n) is 12.1. The Morgan fingerprint density at radius 3 is 2.74 bits per heavy atom. The van der Waals surface area contributed by atoms with Crippen LogP contribution in [0.1, 0.15) is 5.01 Å². The number of urea groups is 1. The molecule has 0 bridgehead atoms. The topological polar surface area (TPSA) is 54.0 Å². The van der Waals surface area contributed by atoms with E-state index in [9.17, 15) is 4.79 Å². The number of amides is 2. The molecule has 0 fully saturated rings. The molecule has 2 amide bonds. The summed E-state index contributed by atoms with van der Waals surface area (Å²) in [6, 6.07) is 16.7. The summed E-state index contributed by atoms with van der Waals surface area (Å²) in [4.78, 5) is 16.4. The van der Waals surface area contributed by atoms with Crippen LogP contribution in [0.3, 0.4) is 0 Å². The van der Waals surface area contributed by atoms with Crippen LogP contribution in [-0.2, 0) is 6.54 Å². The van der Waals surface area contributed by atoms with Crippen molar-refractivity contribution in [2.75, 3.05) is 5.32 Å². The second-order valence-corrected chi connectivity index (χ2v) is 6.19. The van der Waals surface area contributed by atoms with E-state index >= 15 is 0 Å². The fraction of sp³-hybridized carbons (Fsp3) is 0.0588. The largest absolute Gasteiger partial charge is 0.331 e.